The quantitative estimate of drug-likeness (QED) is 0.480. The Morgan fingerprint density at radius 3 is 2.54 bits per heavy atom. The van der Waals surface area contributed by atoms with Crippen LogP contribution in [0.15, 0.2) is 42.2 Å². The first-order valence-corrected chi connectivity index (χ1v) is 12.4. The van der Waals surface area contributed by atoms with E-state index >= 15 is 0 Å². The van der Waals surface area contributed by atoms with Crippen LogP contribution in [0.25, 0.3) is 0 Å². The highest BCUT2D eigenvalue weighted by Gasteiger charge is 2.13. The van der Waals surface area contributed by atoms with Gasteiger partial charge in [0.25, 0.3) is 0 Å². The average molecular weight is 350 g/mol. The lowest BCUT2D eigenvalue weighted by molar-refractivity contribution is 0.152. The number of nitrogens with one attached hydrogen (secondary N) is 1. The lowest BCUT2D eigenvalue weighted by Gasteiger charge is -2.15. The first-order chi connectivity index (χ1) is 11.4. The second-order valence-corrected chi connectivity index (χ2v) is 12.7. The third kappa shape index (κ3) is 10.1. The lowest BCUT2D eigenvalue weighted by Crippen LogP contribution is -2.28. The van der Waals surface area contributed by atoms with E-state index < -0.39 is 8.07 Å². The zero-order valence-electron chi connectivity index (χ0n) is 15.4. The van der Waals surface area contributed by atoms with Crippen molar-refractivity contribution in [1.29, 1.82) is 0 Å². The number of hydrogen-bond acceptors (Lipinski definition) is 3. The smallest absolute Gasteiger partial charge is 0.407 e. The lowest BCUT2D eigenvalue weighted by atomic mass is 10.1. The van der Waals surface area contributed by atoms with Crippen molar-refractivity contribution in [2.24, 2.45) is 0 Å². The summed E-state index contributed by atoms with van der Waals surface area (Å²) in [7, 11) is -1.15. The summed E-state index contributed by atoms with van der Waals surface area (Å²) in [6.07, 6.45) is 3.16. The van der Waals surface area contributed by atoms with Gasteiger partial charge in [-0.1, -0.05) is 56.9 Å². The maximum Gasteiger partial charge on any atom is 0.407 e. The van der Waals surface area contributed by atoms with Gasteiger partial charge in [0.1, 0.15) is 6.61 Å². The van der Waals surface area contributed by atoms with Gasteiger partial charge in [-0.15, -0.1) is 0 Å². The van der Waals surface area contributed by atoms with Crippen molar-refractivity contribution in [3.63, 3.8) is 0 Å². The number of amides is 1. The summed E-state index contributed by atoms with van der Waals surface area (Å²) in [5, 5.41) is 2.80. The van der Waals surface area contributed by atoms with Gasteiger partial charge in [0.2, 0.25) is 0 Å². The van der Waals surface area contributed by atoms with Crippen molar-refractivity contribution in [2.45, 2.75) is 52.1 Å². The molecule has 0 aliphatic rings. The molecule has 0 fully saturated rings. The van der Waals surface area contributed by atoms with Crippen molar-refractivity contribution in [1.82, 2.24) is 5.32 Å². The van der Waals surface area contributed by atoms with Crippen molar-refractivity contribution < 1.29 is 14.3 Å². The summed E-state index contributed by atoms with van der Waals surface area (Å²) in [6, 6.07) is 11.1. The standard InChI is InChI=1S/C19H31NO3Si/c1-5-17(15-22-16-18-9-7-6-8-10-18)11-12-20-19(21)23-13-14-24(2,3)4/h6-10,15H,5,11-14,16H2,1-4H3,(H,20,21)/b17-15-. The average Bonchev–Trinajstić information content (AvgIpc) is 2.53. The molecule has 1 aromatic rings. The second-order valence-electron chi connectivity index (χ2n) is 7.05. The van der Waals surface area contributed by atoms with Crippen LogP contribution in [0.2, 0.25) is 25.7 Å². The molecule has 134 valence electrons. The predicted molar refractivity (Wildman–Crippen MR) is 102 cm³/mol. The Kier molecular flexibility index (Phi) is 9.23. The van der Waals surface area contributed by atoms with Gasteiger partial charge >= 0.3 is 6.09 Å². The number of carbonyl (C=O) groups is 1. The molecule has 0 aromatic heterocycles. The fourth-order valence-electron chi connectivity index (χ4n) is 1.98. The zero-order chi connectivity index (χ0) is 17.8. The van der Waals surface area contributed by atoms with Crippen LogP contribution in [0.4, 0.5) is 4.79 Å². The van der Waals surface area contributed by atoms with Crippen LogP contribution in [0.3, 0.4) is 0 Å². The molecule has 0 aliphatic carbocycles. The highest BCUT2D eigenvalue weighted by Crippen LogP contribution is 2.09. The van der Waals surface area contributed by atoms with Crippen LogP contribution < -0.4 is 5.32 Å². The Hall–Kier alpha value is -1.75. The molecule has 0 saturated carbocycles. The van der Waals surface area contributed by atoms with E-state index in [1.807, 2.05) is 36.6 Å². The monoisotopic (exact) mass is 349 g/mol. The molecule has 1 aromatic carbocycles. The summed E-state index contributed by atoms with van der Waals surface area (Å²) in [5.74, 6) is 0. The molecule has 4 nitrogen and oxygen atoms in total. The molecule has 5 heteroatoms. The van der Waals surface area contributed by atoms with E-state index in [4.69, 9.17) is 9.47 Å². The molecular formula is C19H31NO3Si. The maximum absolute atomic E-state index is 11.6. The summed E-state index contributed by atoms with van der Waals surface area (Å²) in [4.78, 5) is 11.6. The summed E-state index contributed by atoms with van der Waals surface area (Å²) in [5.41, 5.74) is 2.32. The molecule has 0 spiro atoms. The Balaban J connectivity index is 2.21. The van der Waals surface area contributed by atoms with Crippen molar-refractivity contribution in [3.05, 3.63) is 47.7 Å². The molecule has 0 radical (unpaired) electrons. The van der Waals surface area contributed by atoms with E-state index in [0.29, 0.717) is 19.8 Å². The number of ether oxygens (including phenoxy) is 2. The van der Waals surface area contributed by atoms with Crippen LogP contribution in [0.5, 0.6) is 0 Å². The number of hydrogen-bond donors (Lipinski definition) is 1. The second kappa shape index (κ2) is 10.9. The normalized spacial score (nSPS) is 11.9. The minimum absolute atomic E-state index is 0.325. The van der Waals surface area contributed by atoms with Crippen LogP contribution in [0.1, 0.15) is 25.3 Å². The van der Waals surface area contributed by atoms with Crippen molar-refractivity contribution in [2.75, 3.05) is 13.2 Å². The minimum atomic E-state index is -1.15. The van der Waals surface area contributed by atoms with E-state index in [0.717, 1.165) is 24.4 Å². The topological polar surface area (TPSA) is 47.6 Å². The zero-order valence-corrected chi connectivity index (χ0v) is 16.4. The van der Waals surface area contributed by atoms with Gasteiger partial charge in [-0.05, 0) is 30.0 Å². The van der Waals surface area contributed by atoms with Gasteiger partial charge in [0.15, 0.2) is 0 Å². The van der Waals surface area contributed by atoms with E-state index in [-0.39, 0.29) is 6.09 Å². The molecule has 0 aliphatic heterocycles. The number of rotatable bonds is 10. The van der Waals surface area contributed by atoms with Crippen LogP contribution in [-0.4, -0.2) is 27.3 Å². The minimum Gasteiger partial charge on any atom is -0.497 e. The van der Waals surface area contributed by atoms with E-state index in [1.54, 1.807) is 0 Å². The third-order valence-electron chi connectivity index (χ3n) is 3.60. The fourth-order valence-corrected chi connectivity index (χ4v) is 2.69. The highest BCUT2D eigenvalue weighted by molar-refractivity contribution is 6.76. The predicted octanol–water partition coefficient (Wildman–Crippen LogP) is 4.95. The van der Waals surface area contributed by atoms with E-state index in [9.17, 15) is 4.79 Å². The first kappa shape index (κ1) is 20.3. The Bertz CT molecular complexity index is 509. The Morgan fingerprint density at radius 2 is 1.92 bits per heavy atom. The largest absolute Gasteiger partial charge is 0.497 e. The summed E-state index contributed by atoms with van der Waals surface area (Å²) < 4.78 is 10.8. The number of carbonyl (C=O) groups excluding carboxylic acids is 1. The van der Waals surface area contributed by atoms with E-state index in [1.165, 1.54) is 5.57 Å². The van der Waals surface area contributed by atoms with Crippen molar-refractivity contribution in [3.8, 4) is 0 Å². The molecule has 0 heterocycles. The van der Waals surface area contributed by atoms with Crippen molar-refractivity contribution >= 4 is 14.2 Å². The molecule has 1 amide bonds. The van der Waals surface area contributed by atoms with Gasteiger partial charge in [0.05, 0.1) is 12.9 Å². The summed E-state index contributed by atoms with van der Waals surface area (Å²) >= 11 is 0. The molecule has 1 N–H and O–H groups in total. The molecule has 24 heavy (non-hydrogen) atoms. The molecule has 0 saturated heterocycles. The number of benzene rings is 1. The van der Waals surface area contributed by atoms with Gasteiger partial charge in [0, 0.05) is 14.6 Å². The maximum atomic E-state index is 11.6. The van der Waals surface area contributed by atoms with Gasteiger partial charge in [-0.25, -0.2) is 4.79 Å². The molecule has 1 rings (SSSR count). The Morgan fingerprint density at radius 1 is 1.21 bits per heavy atom. The highest BCUT2D eigenvalue weighted by atomic mass is 28.3. The third-order valence-corrected chi connectivity index (χ3v) is 5.30. The van der Waals surface area contributed by atoms with Crippen LogP contribution >= 0.6 is 0 Å². The van der Waals surface area contributed by atoms with Gasteiger partial charge in [-0.3, -0.25) is 0 Å². The molecule has 0 bridgehead atoms. The van der Waals surface area contributed by atoms with Gasteiger partial charge in [-0.2, -0.15) is 0 Å². The Labute approximate surface area is 147 Å². The number of alkyl carbamates (subject to hydrolysis) is 1. The van der Waals surface area contributed by atoms with Gasteiger partial charge < -0.3 is 14.8 Å². The summed E-state index contributed by atoms with van der Waals surface area (Å²) in [6.45, 7) is 10.5. The van der Waals surface area contributed by atoms with Crippen LogP contribution in [0, 0.1) is 0 Å². The SMILES string of the molecule is CC/C(=C/OCc1ccccc1)CCNC(=O)OCC[Si](C)(C)C. The fraction of sp³-hybridized carbons (Fsp3) is 0.526. The van der Waals surface area contributed by atoms with Crippen LogP contribution in [-0.2, 0) is 16.1 Å². The molecule has 0 unspecified atom stereocenters. The first-order valence-electron chi connectivity index (χ1n) is 8.65. The molecule has 0 atom stereocenters. The van der Waals surface area contributed by atoms with E-state index in [2.05, 4.69) is 31.9 Å². The molecular weight excluding hydrogens is 318 g/mol.